The molecule has 1 saturated heterocycles. The van der Waals surface area contributed by atoms with Gasteiger partial charge in [0.05, 0.1) is 18.8 Å². The number of aliphatic hydroxyl groups excluding tert-OH is 3. The summed E-state index contributed by atoms with van der Waals surface area (Å²) >= 11 is 0. The van der Waals surface area contributed by atoms with Crippen LogP contribution in [0.25, 0.3) is 0 Å². The molecule has 0 radical (unpaired) electrons. The molecule has 1 heterocycles. The first-order valence-corrected chi connectivity index (χ1v) is 5.96. The quantitative estimate of drug-likeness (QED) is 0.619. The van der Waals surface area contributed by atoms with E-state index in [4.69, 9.17) is 9.47 Å². The van der Waals surface area contributed by atoms with Gasteiger partial charge in [0.2, 0.25) is 0 Å². The van der Waals surface area contributed by atoms with Gasteiger partial charge in [0.15, 0.2) is 6.29 Å². The van der Waals surface area contributed by atoms with Crippen molar-refractivity contribution in [3.8, 4) is 0 Å². The van der Waals surface area contributed by atoms with E-state index in [1.54, 1.807) is 0 Å². The minimum Gasteiger partial charge on any atom is -0.390 e. The Morgan fingerprint density at radius 1 is 1.12 bits per heavy atom. The van der Waals surface area contributed by atoms with E-state index in [0.717, 1.165) is 25.9 Å². The average Bonchev–Trinajstić information content (AvgIpc) is 2.56. The third-order valence-corrected chi connectivity index (χ3v) is 3.41. The molecule has 5 atom stereocenters. The van der Waals surface area contributed by atoms with Crippen molar-refractivity contribution in [1.29, 1.82) is 0 Å². The zero-order chi connectivity index (χ0) is 11.5. The average molecular weight is 232 g/mol. The first kappa shape index (κ1) is 12.3. The van der Waals surface area contributed by atoms with Crippen LogP contribution in [-0.4, -0.2) is 53.1 Å². The van der Waals surface area contributed by atoms with Crippen LogP contribution in [0.2, 0.25) is 0 Å². The zero-order valence-corrected chi connectivity index (χ0v) is 9.29. The van der Waals surface area contributed by atoms with Crippen LogP contribution in [0, 0.1) is 5.92 Å². The minimum absolute atomic E-state index is 0.184. The second-order valence-corrected chi connectivity index (χ2v) is 4.67. The Bertz CT molecular complexity index is 216. The maximum Gasteiger partial charge on any atom is 0.157 e. The van der Waals surface area contributed by atoms with Crippen LogP contribution in [0.5, 0.6) is 0 Å². The van der Waals surface area contributed by atoms with Crippen molar-refractivity contribution in [1.82, 2.24) is 0 Å². The van der Waals surface area contributed by atoms with Gasteiger partial charge >= 0.3 is 0 Å². The van der Waals surface area contributed by atoms with E-state index in [0.29, 0.717) is 13.0 Å². The van der Waals surface area contributed by atoms with Crippen molar-refractivity contribution in [2.24, 2.45) is 5.92 Å². The summed E-state index contributed by atoms with van der Waals surface area (Å²) in [7, 11) is 0. The molecule has 0 spiro atoms. The Labute approximate surface area is 95.0 Å². The first-order chi connectivity index (χ1) is 7.68. The van der Waals surface area contributed by atoms with Crippen molar-refractivity contribution in [3.05, 3.63) is 0 Å². The summed E-state index contributed by atoms with van der Waals surface area (Å²) in [6.45, 7) is 1.06. The van der Waals surface area contributed by atoms with Crippen molar-refractivity contribution < 1.29 is 24.8 Å². The largest absolute Gasteiger partial charge is 0.390 e. The summed E-state index contributed by atoms with van der Waals surface area (Å²) in [5, 5.41) is 28.4. The van der Waals surface area contributed by atoms with E-state index < -0.39 is 18.3 Å². The van der Waals surface area contributed by atoms with Crippen molar-refractivity contribution in [2.45, 2.75) is 50.3 Å². The normalized spacial score (nSPS) is 44.8. The highest BCUT2D eigenvalue weighted by Gasteiger charge is 2.40. The second kappa shape index (κ2) is 5.42. The summed E-state index contributed by atoms with van der Waals surface area (Å²) in [5.41, 5.74) is 0. The van der Waals surface area contributed by atoms with Crippen molar-refractivity contribution in [2.75, 3.05) is 13.2 Å². The van der Waals surface area contributed by atoms with Gasteiger partial charge in [-0.2, -0.15) is 0 Å². The number of hydrogen-bond acceptors (Lipinski definition) is 5. The molecule has 5 heteroatoms. The molecular weight excluding hydrogens is 212 g/mol. The first-order valence-electron chi connectivity index (χ1n) is 5.96. The molecule has 0 aromatic carbocycles. The summed E-state index contributed by atoms with van der Waals surface area (Å²) in [5.74, 6) is -0.199. The van der Waals surface area contributed by atoms with Gasteiger partial charge < -0.3 is 24.8 Å². The van der Waals surface area contributed by atoms with E-state index in [1.807, 2.05) is 0 Å². The molecule has 1 aliphatic heterocycles. The highest BCUT2D eigenvalue weighted by Crippen LogP contribution is 2.28. The van der Waals surface area contributed by atoms with Gasteiger partial charge in [0.1, 0.15) is 6.10 Å². The Hall–Kier alpha value is -0.200. The summed E-state index contributed by atoms with van der Waals surface area (Å²) < 4.78 is 10.9. The molecule has 5 nitrogen and oxygen atoms in total. The Morgan fingerprint density at radius 3 is 2.50 bits per heavy atom. The maximum absolute atomic E-state index is 9.63. The molecule has 2 fully saturated rings. The Morgan fingerprint density at radius 2 is 1.94 bits per heavy atom. The lowest BCUT2D eigenvalue weighted by molar-refractivity contribution is -0.174. The van der Waals surface area contributed by atoms with E-state index >= 15 is 0 Å². The van der Waals surface area contributed by atoms with Crippen molar-refractivity contribution >= 4 is 0 Å². The van der Waals surface area contributed by atoms with Gasteiger partial charge in [-0.1, -0.05) is 0 Å². The highest BCUT2D eigenvalue weighted by molar-refractivity contribution is 4.90. The van der Waals surface area contributed by atoms with Gasteiger partial charge in [0, 0.05) is 12.5 Å². The molecule has 94 valence electrons. The molecule has 2 aliphatic rings. The van der Waals surface area contributed by atoms with Gasteiger partial charge in [-0.15, -0.1) is 0 Å². The molecular formula is C11H20O5. The molecule has 0 aromatic heterocycles. The van der Waals surface area contributed by atoms with Crippen LogP contribution in [-0.2, 0) is 9.47 Å². The highest BCUT2D eigenvalue weighted by atomic mass is 16.7. The van der Waals surface area contributed by atoms with Crippen molar-refractivity contribution in [3.63, 3.8) is 0 Å². The molecule has 1 aliphatic carbocycles. The fourth-order valence-corrected chi connectivity index (χ4v) is 2.34. The summed E-state index contributed by atoms with van der Waals surface area (Å²) in [6, 6.07) is 0. The van der Waals surface area contributed by atoms with Gasteiger partial charge in [-0.25, -0.2) is 0 Å². The van der Waals surface area contributed by atoms with Crippen LogP contribution in [0.3, 0.4) is 0 Å². The van der Waals surface area contributed by atoms with Gasteiger partial charge in [-0.05, 0) is 25.7 Å². The van der Waals surface area contributed by atoms with Crippen LogP contribution >= 0.6 is 0 Å². The Balaban J connectivity index is 1.73. The lowest BCUT2D eigenvalue weighted by Crippen LogP contribution is -2.33. The standard InChI is InChI=1S/C11H20O5/c12-8-5-7(10(13)11(8)14)6-16-9-3-1-2-4-15-9/h7-14H,1-6H2/t7-,8-,9?,10+,11-/m1/s1. The predicted molar refractivity (Wildman–Crippen MR) is 55.7 cm³/mol. The van der Waals surface area contributed by atoms with Crippen LogP contribution < -0.4 is 0 Å². The van der Waals surface area contributed by atoms with Crippen LogP contribution in [0.1, 0.15) is 25.7 Å². The van der Waals surface area contributed by atoms with E-state index in [2.05, 4.69) is 0 Å². The smallest absolute Gasteiger partial charge is 0.157 e. The zero-order valence-electron chi connectivity index (χ0n) is 9.29. The van der Waals surface area contributed by atoms with E-state index in [1.165, 1.54) is 0 Å². The maximum atomic E-state index is 9.63. The van der Waals surface area contributed by atoms with E-state index in [-0.39, 0.29) is 12.2 Å². The minimum atomic E-state index is -1.04. The topological polar surface area (TPSA) is 79.2 Å². The third kappa shape index (κ3) is 2.73. The van der Waals surface area contributed by atoms with Crippen LogP contribution in [0.15, 0.2) is 0 Å². The summed E-state index contributed by atoms with van der Waals surface area (Å²) in [4.78, 5) is 0. The molecule has 1 unspecified atom stereocenters. The molecule has 16 heavy (non-hydrogen) atoms. The third-order valence-electron chi connectivity index (χ3n) is 3.41. The summed E-state index contributed by atoms with van der Waals surface area (Å²) in [6.07, 6.45) is 0.487. The number of hydrogen-bond donors (Lipinski definition) is 3. The SMILES string of the molecule is O[C@H]1[C@@H](COC2CCCCO2)C[C@@H](O)[C@H]1O. The Kier molecular flexibility index (Phi) is 4.16. The fourth-order valence-electron chi connectivity index (χ4n) is 2.34. The van der Waals surface area contributed by atoms with Gasteiger partial charge in [-0.3, -0.25) is 0 Å². The molecule has 0 bridgehead atoms. The molecule has 0 aromatic rings. The van der Waals surface area contributed by atoms with Gasteiger partial charge in [0.25, 0.3) is 0 Å². The second-order valence-electron chi connectivity index (χ2n) is 4.67. The lowest BCUT2D eigenvalue weighted by atomic mass is 10.1. The lowest BCUT2D eigenvalue weighted by Gasteiger charge is -2.25. The van der Waals surface area contributed by atoms with E-state index in [9.17, 15) is 15.3 Å². The van der Waals surface area contributed by atoms with Crippen LogP contribution in [0.4, 0.5) is 0 Å². The monoisotopic (exact) mass is 232 g/mol. The molecule has 0 amide bonds. The molecule has 3 N–H and O–H groups in total. The fraction of sp³-hybridized carbons (Fsp3) is 1.00. The number of rotatable bonds is 3. The predicted octanol–water partition coefficient (Wildman–Crippen LogP) is -0.368. The molecule has 1 saturated carbocycles. The molecule has 2 rings (SSSR count). The number of aliphatic hydroxyl groups is 3. The number of ether oxygens (including phenoxy) is 2.